The van der Waals surface area contributed by atoms with Crippen molar-refractivity contribution in [3.63, 3.8) is 0 Å². The normalized spacial score (nSPS) is 11.3. The minimum Gasteiger partial charge on any atom is -0.457 e. The number of non-ortho nitro benzene ring substituents is 1. The van der Waals surface area contributed by atoms with E-state index in [0.717, 1.165) is 5.56 Å². The number of carbonyl (C=O) groups excluding carboxylic acids is 2. The van der Waals surface area contributed by atoms with Gasteiger partial charge < -0.3 is 15.1 Å². The van der Waals surface area contributed by atoms with Gasteiger partial charge in [-0.25, -0.2) is 0 Å². The average molecular weight is 433 g/mol. The van der Waals surface area contributed by atoms with Gasteiger partial charge in [-0.15, -0.1) is 0 Å². The maximum atomic E-state index is 12.7. The first-order chi connectivity index (χ1) is 15.2. The van der Waals surface area contributed by atoms with Crippen LogP contribution in [0.1, 0.15) is 35.5 Å². The van der Waals surface area contributed by atoms with Crippen LogP contribution in [0.15, 0.2) is 70.8 Å². The molecular formula is C24H23N3O5. The smallest absolute Gasteiger partial charge is 0.270 e. The lowest BCUT2D eigenvalue weighted by atomic mass is 10.1. The van der Waals surface area contributed by atoms with Gasteiger partial charge in [-0.05, 0) is 45.0 Å². The molecule has 0 atom stereocenters. The molecule has 0 radical (unpaired) electrons. The van der Waals surface area contributed by atoms with Crippen molar-refractivity contribution in [2.24, 2.45) is 0 Å². The number of rotatable bonds is 7. The maximum Gasteiger partial charge on any atom is 0.270 e. The van der Waals surface area contributed by atoms with Crippen LogP contribution >= 0.6 is 0 Å². The predicted octanol–water partition coefficient (Wildman–Crippen LogP) is 4.46. The number of nitro benzene ring substituents is 1. The first-order valence-corrected chi connectivity index (χ1v) is 9.98. The van der Waals surface area contributed by atoms with E-state index >= 15 is 0 Å². The first kappa shape index (κ1) is 22.5. The predicted molar refractivity (Wildman–Crippen MR) is 121 cm³/mol. The molecule has 8 heteroatoms. The Morgan fingerprint density at radius 1 is 1.06 bits per heavy atom. The molecule has 164 valence electrons. The Labute approximate surface area is 185 Å². The van der Waals surface area contributed by atoms with Crippen LogP contribution < -0.4 is 10.6 Å². The molecule has 3 aromatic rings. The fraction of sp³-hybridized carbons (Fsp3) is 0.167. The van der Waals surface area contributed by atoms with Gasteiger partial charge in [-0.2, -0.15) is 0 Å². The summed E-state index contributed by atoms with van der Waals surface area (Å²) in [5.41, 5.74) is 1.91. The van der Waals surface area contributed by atoms with Gasteiger partial charge in [-0.3, -0.25) is 19.7 Å². The highest BCUT2D eigenvalue weighted by Crippen LogP contribution is 2.26. The minimum atomic E-state index is -0.484. The molecule has 0 aliphatic heterocycles. The van der Waals surface area contributed by atoms with E-state index in [1.807, 2.05) is 32.9 Å². The Kier molecular flexibility index (Phi) is 6.84. The van der Waals surface area contributed by atoms with Crippen molar-refractivity contribution in [3.05, 3.63) is 93.4 Å². The Morgan fingerprint density at radius 3 is 2.44 bits per heavy atom. The fourth-order valence-corrected chi connectivity index (χ4v) is 2.90. The highest BCUT2D eigenvalue weighted by atomic mass is 16.6. The summed E-state index contributed by atoms with van der Waals surface area (Å²) in [5, 5.41) is 16.4. The van der Waals surface area contributed by atoms with Crippen molar-refractivity contribution in [1.82, 2.24) is 10.6 Å². The van der Waals surface area contributed by atoms with Crippen LogP contribution in [-0.2, 0) is 4.79 Å². The lowest BCUT2D eigenvalue weighted by Gasteiger charge is -2.13. The molecule has 0 aliphatic rings. The van der Waals surface area contributed by atoms with Crippen molar-refractivity contribution in [1.29, 1.82) is 0 Å². The molecule has 1 heterocycles. The second-order valence-electron chi connectivity index (χ2n) is 7.52. The van der Waals surface area contributed by atoms with E-state index < -0.39 is 16.7 Å². The zero-order valence-electron chi connectivity index (χ0n) is 17.9. The zero-order valence-corrected chi connectivity index (χ0v) is 17.9. The molecule has 0 bridgehead atoms. The van der Waals surface area contributed by atoms with Gasteiger partial charge in [0.1, 0.15) is 17.2 Å². The number of nitro groups is 1. The van der Waals surface area contributed by atoms with Crippen LogP contribution in [0.25, 0.3) is 17.4 Å². The molecule has 0 aliphatic carbocycles. The minimum absolute atomic E-state index is 0.0178. The number of nitrogens with one attached hydrogen (secondary N) is 2. The summed E-state index contributed by atoms with van der Waals surface area (Å²) < 4.78 is 5.76. The first-order valence-electron chi connectivity index (χ1n) is 9.98. The number of amides is 2. The van der Waals surface area contributed by atoms with Gasteiger partial charge in [0.2, 0.25) is 0 Å². The van der Waals surface area contributed by atoms with Crippen LogP contribution in [0.3, 0.4) is 0 Å². The van der Waals surface area contributed by atoms with E-state index in [4.69, 9.17) is 4.42 Å². The number of carbonyl (C=O) groups is 2. The van der Waals surface area contributed by atoms with E-state index in [1.165, 1.54) is 18.2 Å². The van der Waals surface area contributed by atoms with Crippen molar-refractivity contribution in [3.8, 4) is 11.3 Å². The monoisotopic (exact) mass is 433 g/mol. The third-order valence-corrected chi connectivity index (χ3v) is 4.48. The topological polar surface area (TPSA) is 114 Å². The molecular weight excluding hydrogens is 410 g/mol. The molecule has 32 heavy (non-hydrogen) atoms. The number of furan rings is 1. The van der Waals surface area contributed by atoms with Crippen molar-refractivity contribution >= 4 is 23.6 Å². The molecule has 0 fully saturated rings. The van der Waals surface area contributed by atoms with Gasteiger partial charge in [0, 0.05) is 35.4 Å². The van der Waals surface area contributed by atoms with Crippen molar-refractivity contribution < 1.29 is 18.9 Å². The van der Waals surface area contributed by atoms with Crippen LogP contribution in [0.2, 0.25) is 0 Å². The van der Waals surface area contributed by atoms with E-state index in [1.54, 1.807) is 36.4 Å². The average Bonchev–Trinajstić information content (AvgIpc) is 3.22. The zero-order chi connectivity index (χ0) is 23.3. The Morgan fingerprint density at radius 2 is 1.78 bits per heavy atom. The SMILES string of the molecule is Cc1ccc(C(=O)N/C(=C/c2ccc(-c3cccc([N+](=O)[O-])c3)o2)C(=O)NC(C)C)cc1. The third-order valence-electron chi connectivity index (χ3n) is 4.48. The molecule has 0 saturated carbocycles. The van der Waals surface area contributed by atoms with Gasteiger partial charge in [0.25, 0.3) is 17.5 Å². The summed E-state index contributed by atoms with van der Waals surface area (Å²) in [4.78, 5) is 35.8. The Hall–Kier alpha value is -4.20. The molecule has 2 aromatic carbocycles. The van der Waals surface area contributed by atoms with E-state index in [9.17, 15) is 19.7 Å². The number of hydrogen-bond acceptors (Lipinski definition) is 5. The standard InChI is InChI=1S/C24H23N3O5/c1-15(2)25-24(29)21(26-23(28)17-9-7-16(3)8-10-17)14-20-11-12-22(32-20)18-5-4-6-19(13-18)27(30)31/h4-15H,1-3H3,(H,25,29)(H,26,28)/b21-14+. The summed E-state index contributed by atoms with van der Waals surface area (Å²) in [6, 6.07) is 16.1. The maximum absolute atomic E-state index is 12.7. The summed E-state index contributed by atoms with van der Waals surface area (Å²) in [6.07, 6.45) is 1.42. The summed E-state index contributed by atoms with van der Waals surface area (Å²) in [6.45, 7) is 5.54. The Bertz CT molecular complexity index is 1180. The second kappa shape index (κ2) is 9.74. The van der Waals surface area contributed by atoms with E-state index in [0.29, 0.717) is 22.6 Å². The highest BCUT2D eigenvalue weighted by Gasteiger charge is 2.17. The van der Waals surface area contributed by atoms with Crippen LogP contribution in [-0.4, -0.2) is 22.8 Å². The largest absolute Gasteiger partial charge is 0.457 e. The lowest BCUT2D eigenvalue weighted by molar-refractivity contribution is -0.384. The summed E-state index contributed by atoms with van der Waals surface area (Å²) in [7, 11) is 0. The molecule has 3 rings (SSSR count). The Balaban J connectivity index is 1.89. The molecule has 1 aromatic heterocycles. The summed E-state index contributed by atoms with van der Waals surface area (Å²) >= 11 is 0. The van der Waals surface area contributed by atoms with Crippen LogP contribution in [0, 0.1) is 17.0 Å². The molecule has 0 spiro atoms. The van der Waals surface area contributed by atoms with E-state index in [2.05, 4.69) is 10.6 Å². The molecule has 8 nitrogen and oxygen atoms in total. The van der Waals surface area contributed by atoms with Crippen LogP contribution in [0.5, 0.6) is 0 Å². The van der Waals surface area contributed by atoms with Gasteiger partial charge in [-0.1, -0.05) is 29.8 Å². The third kappa shape index (κ3) is 5.69. The number of benzene rings is 2. The molecule has 0 unspecified atom stereocenters. The number of aryl methyl sites for hydroxylation is 1. The van der Waals surface area contributed by atoms with Crippen LogP contribution in [0.4, 0.5) is 5.69 Å². The molecule has 2 N–H and O–H groups in total. The van der Waals surface area contributed by atoms with Gasteiger partial charge >= 0.3 is 0 Å². The quantitative estimate of drug-likeness (QED) is 0.324. The fourth-order valence-electron chi connectivity index (χ4n) is 2.90. The van der Waals surface area contributed by atoms with Gasteiger partial charge in [0.15, 0.2) is 0 Å². The second-order valence-corrected chi connectivity index (χ2v) is 7.52. The number of hydrogen-bond donors (Lipinski definition) is 2. The van der Waals surface area contributed by atoms with Crippen molar-refractivity contribution in [2.75, 3.05) is 0 Å². The van der Waals surface area contributed by atoms with Gasteiger partial charge in [0.05, 0.1) is 4.92 Å². The highest BCUT2D eigenvalue weighted by molar-refractivity contribution is 6.05. The summed E-state index contributed by atoms with van der Waals surface area (Å²) in [5.74, 6) is -0.188. The van der Waals surface area contributed by atoms with E-state index in [-0.39, 0.29) is 17.4 Å². The molecule has 2 amide bonds. The number of nitrogens with zero attached hydrogens (tertiary/aromatic N) is 1. The lowest BCUT2D eigenvalue weighted by Crippen LogP contribution is -2.38. The van der Waals surface area contributed by atoms with Crippen molar-refractivity contribution in [2.45, 2.75) is 26.8 Å². The molecule has 0 saturated heterocycles.